The van der Waals surface area contributed by atoms with Gasteiger partial charge in [-0.2, -0.15) is 10.4 Å². The molecule has 0 saturated heterocycles. The van der Waals surface area contributed by atoms with Crippen molar-refractivity contribution in [3.63, 3.8) is 0 Å². The zero-order valence-corrected chi connectivity index (χ0v) is 12.8. The average Bonchev–Trinajstić information content (AvgIpc) is 2.65. The van der Waals surface area contributed by atoms with Crippen LogP contribution < -0.4 is 10.2 Å². The Balaban J connectivity index is 1.59. The molecule has 3 rings (SSSR count). The highest BCUT2D eigenvalue weighted by Crippen LogP contribution is 2.19. The lowest BCUT2D eigenvalue weighted by Gasteiger charge is -2.04. The number of anilines is 1. The van der Waals surface area contributed by atoms with Crippen LogP contribution in [0.15, 0.2) is 78.0 Å². The van der Waals surface area contributed by atoms with Crippen molar-refractivity contribution >= 4 is 11.9 Å². The lowest BCUT2D eigenvalue weighted by atomic mass is 10.2. The first-order valence-corrected chi connectivity index (χ1v) is 7.32. The zero-order valence-electron chi connectivity index (χ0n) is 12.8. The van der Waals surface area contributed by atoms with Gasteiger partial charge in [0.2, 0.25) is 5.88 Å². The van der Waals surface area contributed by atoms with Gasteiger partial charge < -0.3 is 4.74 Å². The van der Waals surface area contributed by atoms with Gasteiger partial charge in [-0.25, -0.2) is 4.98 Å². The molecule has 0 aliphatic carbocycles. The molecule has 3 aromatic rings. The van der Waals surface area contributed by atoms with Crippen LogP contribution in [0.25, 0.3) is 0 Å². The van der Waals surface area contributed by atoms with Gasteiger partial charge in [-0.15, -0.1) is 0 Å². The van der Waals surface area contributed by atoms with Crippen molar-refractivity contribution in [1.29, 1.82) is 5.26 Å². The summed E-state index contributed by atoms with van der Waals surface area (Å²) in [5, 5.41) is 12.9. The summed E-state index contributed by atoms with van der Waals surface area (Å²) in [4.78, 5) is 4.07. The molecule has 0 bridgehead atoms. The third-order valence-electron chi connectivity index (χ3n) is 3.15. The Morgan fingerprint density at radius 1 is 1.00 bits per heavy atom. The summed E-state index contributed by atoms with van der Waals surface area (Å²) in [6.45, 7) is 0. The van der Waals surface area contributed by atoms with E-state index in [1.807, 2.05) is 60.7 Å². The van der Waals surface area contributed by atoms with Crippen molar-refractivity contribution in [2.75, 3.05) is 5.43 Å². The number of hydrazone groups is 1. The number of hydrogen-bond acceptors (Lipinski definition) is 5. The maximum Gasteiger partial charge on any atom is 0.219 e. The lowest BCUT2D eigenvalue weighted by Crippen LogP contribution is -1.91. The summed E-state index contributed by atoms with van der Waals surface area (Å²) in [5.74, 6) is 1.11. The van der Waals surface area contributed by atoms with Crippen molar-refractivity contribution in [3.05, 3.63) is 84.1 Å². The minimum atomic E-state index is 0.446. The van der Waals surface area contributed by atoms with E-state index in [4.69, 9.17) is 10.00 Å². The molecule has 24 heavy (non-hydrogen) atoms. The predicted molar refractivity (Wildman–Crippen MR) is 93.1 cm³/mol. The number of hydrogen-bond donors (Lipinski definition) is 1. The number of ether oxygens (including phenoxy) is 1. The van der Waals surface area contributed by atoms with E-state index >= 15 is 0 Å². The maximum atomic E-state index is 8.74. The number of rotatable bonds is 5. The molecule has 5 heteroatoms. The van der Waals surface area contributed by atoms with Crippen molar-refractivity contribution in [2.45, 2.75) is 0 Å². The quantitative estimate of drug-likeness (QED) is 0.566. The van der Waals surface area contributed by atoms with Crippen LogP contribution in [0.1, 0.15) is 11.1 Å². The number of pyridine rings is 1. The van der Waals surface area contributed by atoms with Gasteiger partial charge in [0.05, 0.1) is 17.5 Å². The van der Waals surface area contributed by atoms with Crippen molar-refractivity contribution in [2.24, 2.45) is 5.10 Å². The highest BCUT2D eigenvalue weighted by Gasteiger charge is 1.99. The van der Waals surface area contributed by atoms with Crippen LogP contribution in [-0.4, -0.2) is 11.2 Å². The van der Waals surface area contributed by atoms with Crippen LogP contribution in [0.4, 0.5) is 5.69 Å². The van der Waals surface area contributed by atoms with E-state index in [1.54, 1.807) is 18.3 Å². The molecule has 0 atom stereocenters. The van der Waals surface area contributed by atoms with Gasteiger partial charge in [0.1, 0.15) is 11.8 Å². The molecule has 116 valence electrons. The van der Waals surface area contributed by atoms with Gasteiger partial charge >= 0.3 is 0 Å². The number of nitrogens with one attached hydrogen (secondary N) is 1. The fraction of sp³-hybridized carbons (Fsp3) is 0. The Morgan fingerprint density at radius 2 is 1.79 bits per heavy atom. The Bertz CT molecular complexity index is 851. The van der Waals surface area contributed by atoms with Crippen LogP contribution in [0.5, 0.6) is 11.6 Å². The second-order valence-electron chi connectivity index (χ2n) is 4.90. The molecule has 0 spiro atoms. The maximum absolute atomic E-state index is 8.74. The Morgan fingerprint density at radius 3 is 2.46 bits per heavy atom. The number of nitrogens with zero attached hydrogens (tertiary/aromatic N) is 3. The van der Waals surface area contributed by atoms with Gasteiger partial charge in [-0.3, -0.25) is 5.43 Å². The molecule has 0 saturated carbocycles. The van der Waals surface area contributed by atoms with E-state index in [1.165, 1.54) is 6.20 Å². The molecule has 0 unspecified atom stereocenters. The highest BCUT2D eigenvalue weighted by atomic mass is 16.5. The summed E-state index contributed by atoms with van der Waals surface area (Å²) < 4.78 is 5.63. The van der Waals surface area contributed by atoms with Crippen molar-refractivity contribution in [3.8, 4) is 17.7 Å². The Labute approximate surface area is 139 Å². The second-order valence-corrected chi connectivity index (χ2v) is 4.90. The lowest BCUT2D eigenvalue weighted by molar-refractivity contribution is 0.463. The summed E-state index contributed by atoms with van der Waals surface area (Å²) in [7, 11) is 0. The predicted octanol–water partition coefficient (Wildman–Crippen LogP) is 4.19. The van der Waals surface area contributed by atoms with E-state index in [9.17, 15) is 0 Å². The second kappa shape index (κ2) is 7.56. The first-order valence-electron chi connectivity index (χ1n) is 7.32. The van der Waals surface area contributed by atoms with Crippen LogP contribution in [0.3, 0.4) is 0 Å². The van der Waals surface area contributed by atoms with E-state index < -0.39 is 0 Å². The fourth-order valence-electron chi connectivity index (χ4n) is 1.94. The zero-order chi connectivity index (χ0) is 16.6. The number of nitriles is 1. The molecule has 0 amide bonds. The first-order chi connectivity index (χ1) is 11.8. The number of para-hydroxylation sites is 1. The molecule has 0 fully saturated rings. The third-order valence-corrected chi connectivity index (χ3v) is 3.15. The molecule has 1 N–H and O–H groups in total. The SMILES string of the molecule is N#Cc1ccc(Oc2ccc(C=NNc3ccccc3)cc2)nc1. The molecule has 1 aromatic heterocycles. The summed E-state index contributed by atoms with van der Waals surface area (Å²) in [6, 6.07) is 22.6. The molecule has 0 radical (unpaired) electrons. The molecule has 5 nitrogen and oxygen atoms in total. The van der Waals surface area contributed by atoms with E-state index in [-0.39, 0.29) is 0 Å². The third kappa shape index (κ3) is 4.18. The van der Waals surface area contributed by atoms with Gasteiger partial charge in [-0.1, -0.05) is 18.2 Å². The standard InChI is InChI=1S/C19H14N4O/c20-12-16-8-11-19(21-13-16)24-18-9-6-15(7-10-18)14-22-23-17-4-2-1-3-5-17/h1-11,13-14,23H. The summed E-state index contributed by atoms with van der Waals surface area (Å²) in [5.41, 5.74) is 5.33. The van der Waals surface area contributed by atoms with Crippen LogP contribution in [0.2, 0.25) is 0 Å². The van der Waals surface area contributed by atoms with Crippen LogP contribution in [-0.2, 0) is 0 Å². The minimum Gasteiger partial charge on any atom is -0.439 e. The summed E-state index contributed by atoms with van der Waals surface area (Å²) >= 11 is 0. The van der Waals surface area contributed by atoms with E-state index in [0.29, 0.717) is 17.2 Å². The molecule has 0 aliphatic rings. The summed E-state index contributed by atoms with van der Waals surface area (Å²) in [6.07, 6.45) is 3.21. The topological polar surface area (TPSA) is 70.3 Å². The van der Waals surface area contributed by atoms with E-state index in [0.717, 1.165) is 11.3 Å². The Kier molecular flexibility index (Phi) is 4.81. The molecular formula is C19H14N4O. The number of aromatic nitrogens is 1. The van der Waals surface area contributed by atoms with E-state index in [2.05, 4.69) is 15.5 Å². The largest absolute Gasteiger partial charge is 0.439 e. The van der Waals surface area contributed by atoms with Gasteiger partial charge in [-0.05, 0) is 48.0 Å². The average molecular weight is 314 g/mol. The molecule has 1 heterocycles. The van der Waals surface area contributed by atoms with Crippen molar-refractivity contribution < 1.29 is 4.74 Å². The minimum absolute atomic E-state index is 0.446. The highest BCUT2D eigenvalue weighted by molar-refractivity contribution is 5.80. The normalized spacial score (nSPS) is 10.3. The fourth-order valence-corrected chi connectivity index (χ4v) is 1.94. The smallest absolute Gasteiger partial charge is 0.219 e. The van der Waals surface area contributed by atoms with Gasteiger partial charge in [0, 0.05) is 12.3 Å². The van der Waals surface area contributed by atoms with Gasteiger partial charge in [0.15, 0.2) is 0 Å². The number of benzene rings is 2. The first kappa shape index (κ1) is 15.3. The molecule has 0 aliphatic heterocycles. The van der Waals surface area contributed by atoms with Gasteiger partial charge in [0.25, 0.3) is 0 Å². The van der Waals surface area contributed by atoms with Crippen LogP contribution >= 0.6 is 0 Å². The van der Waals surface area contributed by atoms with Crippen LogP contribution in [0, 0.1) is 11.3 Å². The Hall–Kier alpha value is -3.65. The molecular weight excluding hydrogens is 300 g/mol. The molecule has 2 aromatic carbocycles. The van der Waals surface area contributed by atoms with Crippen molar-refractivity contribution in [1.82, 2.24) is 4.98 Å². The monoisotopic (exact) mass is 314 g/mol.